The zero-order chi connectivity index (χ0) is 12.1. The van der Waals surface area contributed by atoms with E-state index in [1.807, 2.05) is 27.7 Å². The number of carbonyl (C=O) groups excluding carboxylic acids is 2. The molecule has 1 N–H and O–H groups in total. The molecule has 16 heavy (non-hydrogen) atoms. The van der Waals surface area contributed by atoms with Gasteiger partial charge in [0.25, 0.3) is 0 Å². The number of carbonyl (C=O) groups is 2. The summed E-state index contributed by atoms with van der Waals surface area (Å²) < 4.78 is 0. The first-order chi connectivity index (χ1) is 7.30. The molecule has 2 rings (SSSR count). The number of rotatable bonds is 2. The second-order valence-corrected chi connectivity index (χ2v) is 6.20. The molecule has 3 nitrogen and oxygen atoms in total. The molecule has 0 heterocycles. The van der Waals surface area contributed by atoms with Crippen molar-refractivity contribution in [1.82, 2.24) is 5.32 Å². The lowest BCUT2D eigenvalue weighted by Crippen LogP contribution is -2.49. The molecule has 2 aliphatic carbocycles. The second-order valence-electron chi connectivity index (χ2n) is 6.20. The molecule has 2 aliphatic rings. The van der Waals surface area contributed by atoms with Gasteiger partial charge in [0.05, 0.1) is 0 Å². The largest absolute Gasteiger partial charge is 0.353 e. The van der Waals surface area contributed by atoms with Crippen molar-refractivity contribution in [3.05, 3.63) is 0 Å². The molecule has 2 atom stereocenters. The molecule has 0 aromatic rings. The van der Waals surface area contributed by atoms with Gasteiger partial charge in [0.2, 0.25) is 5.91 Å². The van der Waals surface area contributed by atoms with E-state index in [2.05, 4.69) is 5.32 Å². The van der Waals surface area contributed by atoms with Crippen LogP contribution in [0.3, 0.4) is 0 Å². The van der Waals surface area contributed by atoms with E-state index in [9.17, 15) is 9.59 Å². The first-order valence-electron chi connectivity index (χ1n) is 6.16. The first kappa shape index (κ1) is 11.6. The monoisotopic (exact) mass is 223 g/mol. The van der Waals surface area contributed by atoms with Crippen molar-refractivity contribution in [2.45, 2.75) is 53.0 Å². The summed E-state index contributed by atoms with van der Waals surface area (Å²) in [6.45, 7) is 7.85. The number of hydrogen-bond acceptors (Lipinski definition) is 2. The summed E-state index contributed by atoms with van der Waals surface area (Å²) >= 11 is 0. The van der Waals surface area contributed by atoms with E-state index < -0.39 is 5.41 Å². The summed E-state index contributed by atoms with van der Waals surface area (Å²) in [6.07, 6.45) is 2.53. The van der Waals surface area contributed by atoms with E-state index in [4.69, 9.17) is 0 Å². The fourth-order valence-corrected chi connectivity index (χ4v) is 3.38. The van der Waals surface area contributed by atoms with E-state index in [0.29, 0.717) is 5.92 Å². The number of nitrogens with one attached hydrogen (secondary N) is 1. The molecular formula is C13H21NO2. The van der Waals surface area contributed by atoms with Crippen molar-refractivity contribution in [3.63, 3.8) is 0 Å². The van der Waals surface area contributed by atoms with Crippen LogP contribution in [-0.4, -0.2) is 17.7 Å². The van der Waals surface area contributed by atoms with Gasteiger partial charge >= 0.3 is 0 Å². The zero-order valence-electron chi connectivity index (χ0n) is 10.6. The fourth-order valence-electron chi connectivity index (χ4n) is 3.38. The highest BCUT2D eigenvalue weighted by atomic mass is 16.2. The average molecular weight is 223 g/mol. The van der Waals surface area contributed by atoms with Crippen LogP contribution in [0.1, 0.15) is 47.0 Å². The minimum Gasteiger partial charge on any atom is -0.353 e. The van der Waals surface area contributed by atoms with Gasteiger partial charge in [-0.25, -0.2) is 0 Å². The number of ketones is 1. The third kappa shape index (κ3) is 1.33. The maximum Gasteiger partial charge on any atom is 0.233 e. The molecule has 1 amide bonds. The highest BCUT2D eigenvalue weighted by Crippen LogP contribution is 2.60. The van der Waals surface area contributed by atoms with Crippen LogP contribution in [-0.2, 0) is 9.59 Å². The maximum atomic E-state index is 12.4. The highest BCUT2D eigenvalue weighted by molar-refractivity contribution is 6.10. The lowest BCUT2D eigenvalue weighted by atomic mass is 9.70. The van der Waals surface area contributed by atoms with Crippen LogP contribution in [0.25, 0.3) is 0 Å². The number of hydrogen-bond donors (Lipinski definition) is 1. The standard InChI is InChI=1S/C13H21NO2/c1-8(2)14-11(16)13-6-5-9(7-13)12(3,4)10(13)15/h8-9H,5-7H2,1-4H3,(H,14,16). The molecule has 0 radical (unpaired) electrons. The molecule has 0 aliphatic heterocycles. The Morgan fingerprint density at radius 1 is 1.44 bits per heavy atom. The summed E-state index contributed by atoms with van der Waals surface area (Å²) in [4.78, 5) is 24.6. The molecule has 90 valence electrons. The Balaban J connectivity index is 2.27. The molecule has 2 bridgehead atoms. The molecule has 0 spiro atoms. The van der Waals surface area contributed by atoms with Crippen LogP contribution in [0.4, 0.5) is 0 Å². The predicted molar refractivity (Wildman–Crippen MR) is 61.8 cm³/mol. The van der Waals surface area contributed by atoms with E-state index in [-0.39, 0.29) is 23.1 Å². The SMILES string of the molecule is CC(C)NC(=O)C12CCC(C1)C(C)(C)C2=O. The molecule has 2 saturated carbocycles. The number of fused-ring (bicyclic) bond motifs is 2. The number of Topliss-reactive ketones (excluding diaryl/α,β-unsaturated/α-hetero) is 1. The van der Waals surface area contributed by atoms with Crippen molar-refractivity contribution < 1.29 is 9.59 Å². The highest BCUT2D eigenvalue weighted by Gasteiger charge is 2.64. The van der Waals surface area contributed by atoms with Crippen LogP contribution in [0.5, 0.6) is 0 Å². The molecule has 3 heteroatoms. The summed E-state index contributed by atoms with van der Waals surface area (Å²) in [5.41, 5.74) is -0.995. The zero-order valence-corrected chi connectivity index (χ0v) is 10.6. The van der Waals surface area contributed by atoms with Crippen molar-refractivity contribution in [1.29, 1.82) is 0 Å². The third-order valence-corrected chi connectivity index (χ3v) is 4.41. The van der Waals surface area contributed by atoms with E-state index in [1.54, 1.807) is 0 Å². The third-order valence-electron chi connectivity index (χ3n) is 4.41. The Kier molecular flexibility index (Phi) is 2.41. The minimum atomic E-state index is -0.696. The molecular weight excluding hydrogens is 202 g/mol. The summed E-state index contributed by atoms with van der Waals surface area (Å²) in [5.74, 6) is 0.521. The maximum absolute atomic E-state index is 12.4. The molecule has 0 saturated heterocycles. The molecule has 2 unspecified atom stereocenters. The van der Waals surface area contributed by atoms with Crippen LogP contribution < -0.4 is 5.32 Å². The van der Waals surface area contributed by atoms with Crippen LogP contribution in [0.15, 0.2) is 0 Å². The van der Waals surface area contributed by atoms with E-state index in [1.165, 1.54) is 0 Å². The molecule has 0 aromatic carbocycles. The van der Waals surface area contributed by atoms with E-state index >= 15 is 0 Å². The van der Waals surface area contributed by atoms with Crippen LogP contribution >= 0.6 is 0 Å². The van der Waals surface area contributed by atoms with Crippen LogP contribution in [0, 0.1) is 16.7 Å². The normalized spacial score (nSPS) is 35.8. The number of amides is 1. The lowest BCUT2D eigenvalue weighted by Gasteiger charge is -2.32. The quantitative estimate of drug-likeness (QED) is 0.727. The summed E-state index contributed by atoms with van der Waals surface area (Å²) in [7, 11) is 0. The lowest BCUT2D eigenvalue weighted by molar-refractivity contribution is -0.145. The van der Waals surface area contributed by atoms with Gasteiger partial charge in [0, 0.05) is 11.5 Å². The topological polar surface area (TPSA) is 46.2 Å². The van der Waals surface area contributed by atoms with Crippen LogP contribution in [0.2, 0.25) is 0 Å². The Morgan fingerprint density at radius 3 is 2.50 bits per heavy atom. The van der Waals surface area contributed by atoms with Gasteiger partial charge in [-0.05, 0) is 39.0 Å². The van der Waals surface area contributed by atoms with Gasteiger partial charge in [-0.2, -0.15) is 0 Å². The Morgan fingerprint density at radius 2 is 2.06 bits per heavy atom. The summed E-state index contributed by atoms with van der Waals surface area (Å²) in [5, 5.41) is 2.91. The van der Waals surface area contributed by atoms with E-state index in [0.717, 1.165) is 19.3 Å². The fraction of sp³-hybridized carbons (Fsp3) is 0.846. The van der Waals surface area contributed by atoms with Gasteiger partial charge in [-0.15, -0.1) is 0 Å². The van der Waals surface area contributed by atoms with Crippen molar-refractivity contribution in [2.75, 3.05) is 0 Å². The Bertz CT molecular complexity index is 346. The van der Waals surface area contributed by atoms with Crippen molar-refractivity contribution >= 4 is 11.7 Å². The molecule has 0 aromatic heterocycles. The summed E-state index contributed by atoms with van der Waals surface area (Å²) in [6, 6.07) is 0.109. The second kappa shape index (κ2) is 3.31. The Hall–Kier alpha value is -0.860. The first-order valence-corrected chi connectivity index (χ1v) is 6.16. The van der Waals surface area contributed by atoms with Gasteiger partial charge in [0.15, 0.2) is 5.78 Å². The van der Waals surface area contributed by atoms with Crippen molar-refractivity contribution in [2.24, 2.45) is 16.7 Å². The average Bonchev–Trinajstić information content (AvgIpc) is 2.66. The van der Waals surface area contributed by atoms with Crippen molar-refractivity contribution in [3.8, 4) is 0 Å². The van der Waals surface area contributed by atoms with Gasteiger partial charge in [0.1, 0.15) is 5.41 Å². The smallest absolute Gasteiger partial charge is 0.233 e. The molecule has 2 fully saturated rings. The predicted octanol–water partition coefficient (Wildman–Crippen LogP) is 1.91. The Labute approximate surface area is 97.0 Å². The van der Waals surface area contributed by atoms with Gasteiger partial charge < -0.3 is 5.32 Å². The minimum absolute atomic E-state index is 0.0411. The van der Waals surface area contributed by atoms with Gasteiger partial charge in [-0.1, -0.05) is 13.8 Å². The van der Waals surface area contributed by atoms with Gasteiger partial charge in [-0.3, -0.25) is 9.59 Å².